The van der Waals surface area contributed by atoms with Gasteiger partial charge in [0, 0.05) is 27.8 Å². The average Bonchev–Trinajstić information content (AvgIpc) is 3.24. The van der Waals surface area contributed by atoms with Gasteiger partial charge in [0.2, 0.25) is 9.84 Å². The van der Waals surface area contributed by atoms with Gasteiger partial charge >= 0.3 is 0 Å². The number of rotatable bonds is 4. The third-order valence-corrected chi connectivity index (χ3v) is 8.74. The van der Waals surface area contributed by atoms with Crippen LogP contribution in [0.2, 0.25) is 0 Å². The summed E-state index contributed by atoms with van der Waals surface area (Å²) < 4.78 is 26.7. The molecule has 2 heterocycles. The molecule has 6 aromatic rings. The second-order valence-electron chi connectivity index (χ2n) is 9.33. The molecule has 0 unspecified atom stereocenters. The molecule has 0 spiro atoms. The van der Waals surface area contributed by atoms with Crippen molar-refractivity contribution in [1.29, 1.82) is 0 Å². The quantitative estimate of drug-likeness (QED) is 0.241. The van der Waals surface area contributed by atoms with E-state index in [9.17, 15) is 8.42 Å². The maximum Gasteiger partial charge on any atom is 0.207 e. The van der Waals surface area contributed by atoms with Crippen LogP contribution in [0.5, 0.6) is 0 Å². The molecular weight excluding hydrogens is 502 g/mol. The number of fused-ring (bicyclic) bond motifs is 3. The van der Waals surface area contributed by atoms with Gasteiger partial charge in [-0.05, 0) is 29.3 Å². The highest BCUT2D eigenvalue weighted by Crippen LogP contribution is 2.44. The molecule has 0 saturated heterocycles. The van der Waals surface area contributed by atoms with E-state index in [4.69, 9.17) is 15.0 Å². The molecule has 5 nitrogen and oxygen atoms in total. The summed E-state index contributed by atoms with van der Waals surface area (Å²) in [4.78, 5) is 15.1. The Hall–Kier alpha value is -4.94. The average molecular weight is 524 g/mol. The Bertz CT molecular complexity index is 1970. The second kappa shape index (κ2) is 9.11. The van der Waals surface area contributed by atoms with Crippen molar-refractivity contribution in [2.45, 2.75) is 9.79 Å². The Labute approximate surface area is 226 Å². The van der Waals surface area contributed by atoms with Crippen molar-refractivity contribution >= 4 is 9.84 Å². The van der Waals surface area contributed by atoms with E-state index in [1.807, 2.05) is 84.9 Å². The zero-order valence-electron chi connectivity index (χ0n) is 20.7. The van der Waals surface area contributed by atoms with Gasteiger partial charge in [-0.15, -0.1) is 0 Å². The molecule has 0 radical (unpaired) electrons. The monoisotopic (exact) mass is 523 g/mol. The minimum atomic E-state index is -3.63. The molecule has 39 heavy (non-hydrogen) atoms. The van der Waals surface area contributed by atoms with Gasteiger partial charge in [0.1, 0.15) is 0 Å². The molecule has 5 aromatic carbocycles. The molecule has 0 bridgehead atoms. The molecule has 0 fully saturated rings. The van der Waals surface area contributed by atoms with Gasteiger partial charge in [-0.2, -0.15) is 0 Å². The van der Waals surface area contributed by atoms with E-state index in [-0.39, 0.29) is 4.90 Å². The van der Waals surface area contributed by atoms with Crippen LogP contribution in [0.4, 0.5) is 0 Å². The fourth-order valence-electron chi connectivity index (χ4n) is 4.97. The number of hydrogen-bond donors (Lipinski definition) is 0. The van der Waals surface area contributed by atoms with E-state index in [0.717, 1.165) is 27.8 Å². The molecule has 1 aliphatic heterocycles. The van der Waals surface area contributed by atoms with E-state index in [1.54, 1.807) is 18.2 Å². The first-order valence-corrected chi connectivity index (χ1v) is 14.0. The van der Waals surface area contributed by atoms with Gasteiger partial charge in [-0.25, -0.2) is 23.4 Å². The van der Waals surface area contributed by atoms with Crippen LogP contribution in [0.25, 0.3) is 56.4 Å². The van der Waals surface area contributed by atoms with Crippen LogP contribution in [0, 0.1) is 0 Å². The second-order valence-corrected chi connectivity index (χ2v) is 11.2. The van der Waals surface area contributed by atoms with Crippen molar-refractivity contribution in [1.82, 2.24) is 15.0 Å². The van der Waals surface area contributed by atoms with Crippen LogP contribution in [-0.4, -0.2) is 23.4 Å². The topological polar surface area (TPSA) is 72.8 Å². The lowest BCUT2D eigenvalue weighted by molar-refractivity contribution is 0.598. The van der Waals surface area contributed by atoms with E-state index in [2.05, 4.69) is 24.3 Å². The van der Waals surface area contributed by atoms with E-state index in [1.165, 1.54) is 0 Å². The van der Waals surface area contributed by atoms with E-state index < -0.39 is 9.84 Å². The highest BCUT2D eigenvalue weighted by atomic mass is 32.2. The smallest absolute Gasteiger partial charge is 0.207 e. The third-order valence-electron chi connectivity index (χ3n) is 6.89. The van der Waals surface area contributed by atoms with Crippen LogP contribution in [0.1, 0.15) is 0 Å². The van der Waals surface area contributed by atoms with Crippen molar-refractivity contribution < 1.29 is 8.42 Å². The number of nitrogens with zero attached hydrogens (tertiary/aromatic N) is 3. The van der Waals surface area contributed by atoms with Crippen LogP contribution >= 0.6 is 0 Å². The lowest BCUT2D eigenvalue weighted by Gasteiger charge is -2.10. The summed E-state index contributed by atoms with van der Waals surface area (Å²) >= 11 is 0. The first-order valence-electron chi connectivity index (χ1n) is 12.5. The number of sulfone groups is 1. The van der Waals surface area contributed by atoms with Crippen LogP contribution < -0.4 is 0 Å². The zero-order chi connectivity index (χ0) is 26.4. The Morgan fingerprint density at radius 2 is 0.897 bits per heavy atom. The SMILES string of the molecule is O=S1(=O)c2ccccc2-c2ccc(-c3nc(-c4ccccc4)nc(-c4cccc(-c5ccccc5)c4)n3)cc21. The maximum absolute atomic E-state index is 13.4. The minimum absolute atomic E-state index is 0.274. The first-order chi connectivity index (χ1) is 19.1. The van der Waals surface area contributed by atoms with Gasteiger partial charge in [0.25, 0.3) is 0 Å². The highest BCUT2D eigenvalue weighted by molar-refractivity contribution is 7.92. The summed E-state index contributed by atoms with van der Waals surface area (Å²) in [5.41, 5.74) is 5.88. The molecule has 0 aliphatic carbocycles. The molecule has 7 rings (SSSR count). The highest BCUT2D eigenvalue weighted by Gasteiger charge is 2.33. The summed E-state index contributed by atoms with van der Waals surface area (Å²) in [6.07, 6.45) is 0. The molecule has 0 N–H and O–H groups in total. The van der Waals surface area contributed by atoms with Gasteiger partial charge in [0.05, 0.1) is 9.79 Å². The molecule has 6 heteroatoms. The molecule has 1 aliphatic rings. The van der Waals surface area contributed by atoms with E-state index >= 15 is 0 Å². The molecule has 0 saturated carbocycles. The number of benzene rings is 5. The van der Waals surface area contributed by atoms with Crippen LogP contribution in [-0.2, 0) is 9.84 Å². The van der Waals surface area contributed by atoms with E-state index in [0.29, 0.717) is 33.5 Å². The molecule has 0 amide bonds. The Morgan fingerprint density at radius 3 is 1.62 bits per heavy atom. The van der Waals surface area contributed by atoms with Gasteiger partial charge in [-0.3, -0.25) is 0 Å². The summed E-state index contributed by atoms with van der Waals surface area (Å²) in [5, 5.41) is 0. The van der Waals surface area contributed by atoms with Crippen molar-refractivity contribution in [3.05, 3.63) is 127 Å². The van der Waals surface area contributed by atoms with Crippen molar-refractivity contribution in [3.8, 4) is 56.4 Å². The van der Waals surface area contributed by atoms with Crippen molar-refractivity contribution in [2.75, 3.05) is 0 Å². The standard InChI is InChI=1S/C33H21N3O2S/c37-39(38)29-17-8-7-16-27(29)28-19-18-26(21-30(28)39)33-35-31(23-12-5-2-6-13-23)34-32(36-33)25-15-9-14-24(20-25)22-10-3-1-4-11-22/h1-21H. The van der Waals surface area contributed by atoms with Gasteiger partial charge < -0.3 is 0 Å². The van der Waals surface area contributed by atoms with Crippen molar-refractivity contribution in [3.63, 3.8) is 0 Å². The third kappa shape index (κ3) is 4.02. The minimum Gasteiger partial charge on any atom is -0.218 e. The fraction of sp³-hybridized carbons (Fsp3) is 0. The normalized spacial score (nSPS) is 13.0. The molecule has 186 valence electrons. The zero-order valence-corrected chi connectivity index (χ0v) is 21.5. The number of aromatic nitrogens is 3. The van der Waals surface area contributed by atoms with Crippen molar-refractivity contribution in [2.24, 2.45) is 0 Å². The summed E-state index contributed by atoms with van der Waals surface area (Å²) in [7, 11) is -3.63. The Kier molecular flexibility index (Phi) is 5.42. The Balaban J connectivity index is 1.40. The maximum atomic E-state index is 13.4. The fourth-order valence-corrected chi connectivity index (χ4v) is 6.68. The lowest BCUT2D eigenvalue weighted by Crippen LogP contribution is -2.01. The van der Waals surface area contributed by atoms with Crippen LogP contribution in [0.3, 0.4) is 0 Å². The van der Waals surface area contributed by atoms with Crippen LogP contribution in [0.15, 0.2) is 137 Å². The summed E-state index contributed by atoms with van der Waals surface area (Å²) in [6, 6.07) is 40.4. The largest absolute Gasteiger partial charge is 0.218 e. The summed E-state index contributed by atoms with van der Waals surface area (Å²) in [6.45, 7) is 0. The Morgan fingerprint density at radius 1 is 0.385 bits per heavy atom. The molecular formula is C33H21N3O2S. The number of hydrogen-bond acceptors (Lipinski definition) is 5. The predicted octanol–water partition coefficient (Wildman–Crippen LogP) is 7.35. The molecule has 1 aromatic heterocycles. The summed E-state index contributed by atoms with van der Waals surface area (Å²) in [5.74, 6) is 1.45. The lowest BCUT2D eigenvalue weighted by atomic mass is 10.0. The van der Waals surface area contributed by atoms with Gasteiger partial charge in [-0.1, -0.05) is 109 Å². The first kappa shape index (κ1) is 23.2. The van der Waals surface area contributed by atoms with Gasteiger partial charge in [0.15, 0.2) is 17.5 Å². The molecule has 0 atom stereocenters. The predicted molar refractivity (Wildman–Crippen MR) is 152 cm³/mol.